The Kier molecular flexibility index (Phi) is 2.30. The molecule has 2 N–H and O–H groups in total. The molecular formula is CH5F2NSi. The lowest BCUT2D eigenvalue weighted by molar-refractivity contribution is 0.657. The first-order valence-corrected chi connectivity index (χ1v) is 2.94. The molecule has 1 nitrogen and oxygen atoms in total. The lowest BCUT2D eigenvalue weighted by atomic mass is 11.5. The molecule has 0 aliphatic carbocycles. The number of hydrogen-bond acceptors (Lipinski definition) is 1. The summed E-state index contributed by atoms with van der Waals surface area (Å²) < 4.78 is 21.6. The van der Waals surface area contributed by atoms with Gasteiger partial charge in [-0.15, -0.1) is 0 Å². The molecule has 0 rings (SSSR count). The van der Waals surface area contributed by atoms with Gasteiger partial charge >= 0.3 is 9.46 Å². The van der Waals surface area contributed by atoms with Crippen molar-refractivity contribution in [3.8, 4) is 0 Å². The molecule has 0 amide bonds. The number of halogens is 2. The third kappa shape index (κ3) is 4.04. The van der Waals surface area contributed by atoms with Crippen molar-refractivity contribution in [1.82, 2.24) is 0 Å². The van der Waals surface area contributed by atoms with Gasteiger partial charge in [0.2, 0.25) is 0 Å². The molecule has 4 heteroatoms. The molecule has 0 spiro atoms. The van der Waals surface area contributed by atoms with Gasteiger partial charge in [-0.25, -0.2) is 0 Å². The molecule has 0 radical (unpaired) electrons. The lowest BCUT2D eigenvalue weighted by Crippen LogP contribution is -2.13. The highest BCUT2D eigenvalue weighted by Gasteiger charge is 1.98. The Labute approximate surface area is 30.7 Å². The van der Waals surface area contributed by atoms with E-state index in [1.165, 1.54) is 0 Å². The van der Waals surface area contributed by atoms with Gasteiger partial charge in [0.15, 0.2) is 0 Å². The van der Waals surface area contributed by atoms with Crippen LogP contribution in [0, 0.1) is 0 Å². The SMILES string of the molecule is NC[SiH](F)F. The van der Waals surface area contributed by atoms with Crippen molar-refractivity contribution in [3.63, 3.8) is 0 Å². The summed E-state index contributed by atoms with van der Waals surface area (Å²) in [6.07, 6.45) is -0.389. The third-order valence-electron chi connectivity index (χ3n) is 0.178. The zero-order chi connectivity index (χ0) is 4.28. The summed E-state index contributed by atoms with van der Waals surface area (Å²) in [6.45, 7) is 0. The normalized spacial score (nSPS) is 9.60. The van der Waals surface area contributed by atoms with E-state index < -0.39 is 9.46 Å². The second kappa shape index (κ2) is 2.28. The topological polar surface area (TPSA) is 26.0 Å². The van der Waals surface area contributed by atoms with Crippen molar-refractivity contribution >= 4 is 9.46 Å². The molecule has 0 aliphatic heterocycles. The van der Waals surface area contributed by atoms with Gasteiger partial charge in [0.05, 0.1) is 0 Å². The van der Waals surface area contributed by atoms with Crippen molar-refractivity contribution in [2.45, 2.75) is 0 Å². The monoisotopic (exact) mass is 97.0 g/mol. The summed E-state index contributed by atoms with van der Waals surface area (Å²) in [4.78, 5) is 0. The first-order valence-electron chi connectivity index (χ1n) is 1.25. The molecular weight excluding hydrogens is 92.1 g/mol. The Bertz CT molecular complexity index is 23.6. The molecule has 0 fully saturated rings. The molecule has 0 bridgehead atoms. The highest BCUT2D eigenvalue weighted by Crippen LogP contribution is 1.75. The molecule has 0 heterocycles. The van der Waals surface area contributed by atoms with Crippen LogP contribution in [-0.2, 0) is 0 Å². The van der Waals surface area contributed by atoms with Gasteiger partial charge in [-0.2, -0.15) is 0 Å². The predicted molar refractivity (Wildman–Crippen MR) is 18.4 cm³/mol. The molecule has 0 saturated heterocycles. The Hall–Kier alpha value is 0.0369. The van der Waals surface area contributed by atoms with E-state index in [1.54, 1.807) is 0 Å². The van der Waals surface area contributed by atoms with Crippen LogP contribution < -0.4 is 5.73 Å². The molecule has 0 aromatic rings. The predicted octanol–water partition coefficient (Wildman–Crippen LogP) is -0.356. The van der Waals surface area contributed by atoms with Crippen LogP contribution in [-0.4, -0.2) is 15.6 Å². The molecule has 5 heavy (non-hydrogen) atoms. The van der Waals surface area contributed by atoms with E-state index in [0.29, 0.717) is 0 Å². The second-order valence-electron chi connectivity index (χ2n) is 0.627. The minimum atomic E-state index is -3.37. The summed E-state index contributed by atoms with van der Waals surface area (Å²) in [6, 6.07) is 0. The van der Waals surface area contributed by atoms with Crippen molar-refractivity contribution < 1.29 is 8.22 Å². The molecule has 0 unspecified atom stereocenters. The second-order valence-corrected chi connectivity index (χ2v) is 1.88. The maximum atomic E-state index is 10.8. The fourth-order valence-electron chi connectivity index (χ4n) is 0. The molecule has 0 saturated carbocycles. The fourth-order valence-corrected chi connectivity index (χ4v) is 0. The average molecular weight is 97.1 g/mol. The van der Waals surface area contributed by atoms with Crippen molar-refractivity contribution in [1.29, 1.82) is 0 Å². The average Bonchev–Trinajstić information content (AvgIpc) is 1.38. The van der Waals surface area contributed by atoms with Crippen LogP contribution in [0.4, 0.5) is 8.22 Å². The fraction of sp³-hybridized carbons (Fsp3) is 1.00. The van der Waals surface area contributed by atoms with Gasteiger partial charge in [-0.3, -0.25) is 8.22 Å². The Balaban J connectivity index is 2.54. The van der Waals surface area contributed by atoms with E-state index in [4.69, 9.17) is 0 Å². The van der Waals surface area contributed by atoms with Crippen LogP contribution in [0.3, 0.4) is 0 Å². The lowest BCUT2D eigenvalue weighted by Gasteiger charge is -1.78. The van der Waals surface area contributed by atoms with E-state index in [1.807, 2.05) is 0 Å². The quantitative estimate of drug-likeness (QED) is 0.351. The highest BCUT2D eigenvalue weighted by molar-refractivity contribution is 6.42. The maximum Gasteiger partial charge on any atom is 0.424 e. The van der Waals surface area contributed by atoms with Gasteiger partial charge in [0, 0.05) is 6.17 Å². The zero-order valence-electron chi connectivity index (χ0n) is 2.62. The summed E-state index contributed by atoms with van der Waals surface area (Å²) >= 11 is 0. The Morgan fingerprint density at radius 2 is 1.80 bits per heavy atom. The van der Waals surface area contributed by atoms with Crippen LogP contribution in [0.15, 0.2) is 0 Å². The third-order valence-corrected chi connectivity index (χ3v) is 0.535. The van der Waals surface area contributed by atoms with E-state index in [0.717, 1.165) is 0 Å². The molecule has 32 valence electrons. The maximum absolute atomic E-state index is 10.8. The van der Waals surface area contributed by atoms with E-state index >= 15 is 0 Å². The molecule has 0 aromatic carbocycles. The summed E-state index contributed by atoms with van der Waals surface area (Å²) in [5.74, 6) is 0. The summed E-state index contributed by atoms with van der Waals surface area (Å²) in [5.41, 5.74) is 4.48. The van der Waals surface area contributed by atoms with Crippen molar-refractivity contribution in [3.05, 3.63) is 0 Å². The van der Waals surface area contributed by atoms with Crippen LogP contribution in [0.2, 0.25) is 0 Å². The van der Waals surface area contributed by atoms with Crippen LogP contribution in [0.1, 0.15) is 0 Å². The summed E-state index contributed by atoms with van der Waals surface area (Å²) in [7, 11) is -3.37. The smallest absolute Gasteiger partial charge is 0.328 e. The van der Waals surface area contributed by atoms with Crippen LogP contribution in [0.5, 0.6) is 0 Å². The minimum absolute atomic E-state index is 0.389. The minimum Gasteiger partial charge on any atom is -0.328 e. The Morgan fingerprint density at radius 3 is 1.80 bits per heavy atom. The largest absolute Gasteiger partial charge is 0.424 e. The number of hydrogen-bond donors (Lipinski definition) is 1. The van der Waals surface area contributed by atoms with Gasteiger partial charge in [-0.1, -0.05) is 0 Å². The Morgan fingerprint density at radius 1 is 1.60 bits per heavy atom. The number of rotatable bonds is 1. The van der Waals surface area contributed by atoms with Crippen molar-refractivity contribution in [2.75, 3.05) is 6.17 Å². The van der Waals surface area contributed by atoms with Crippen LogP contribution in [0.25, 0.3) is 0 Å². The van der Waals surface area contributed by atoms with E-state index in [2.05, 4.69) is 5.73 Å². The van der Waals surface area contributed by atoms with Gasteiger partial charge in [0.25, 0.3) is 0 Å². The van der Waals surface area contributed by atoms with E-state index in [-0.39, 0.29) is 6.17 Å². The van der Waals surface area contributed by atoms with Crippen molar-refractivity contribution in [2.24, 2.45) is 5.73 Å². The molecule has 0 atom stereocenters. The number of nitrogens with two attached hydrogens (primary N) is 1. The zero-order valence-corrected chi connectivity index (χ0v) is 3.77. The standard InChI is InChI=1S/CH5F2NSi/c2-5(3)1-4/h5H,1,4H2. The summed E-state index contributed by atoms with van der Waals surface area (Å²) in [5, 5.41) is 0. The first-order chi connectivity index (χ1) is 2.27. The highest BCUT2D eigenvalue weighted by atomic mass is 28.4. The molecule has 0 aromatic heterocycles. The van der Waals surface area contributed by atoms with Crippen LogP contribution >= 0.6 is 0 Å². The van der Waals surface area contributed by atoms with Gasteiger partial charge < -0.3 is 5.73 Å². The molecule has 0 aliphatic rings. The van der Waals surface area contributed by atoms with Gasteiger partial charge in [0.1, 0.15) is 0 Å². The first kappa shape index (κ1) is 5.04. The van der Waals surface area contributed by atoms with Gasteiger partial charge in [-0.05, 0) is 0 Å². The van der Waals surface area contributed by atoms with E-state index in [9.17, 15) is 8.22 Å².